The summed E-state index contributed by atoms with van der Waals surface area (Å²) in [6.07, 6.45) is 1.32. The Morgan fingerprint density at radius 3 is 2.87 bits per heavy atom. The molecule has 3 rings (SSSR count). The van der Waals surface area contributed by atoms with Gasteiger partial charge < -0.3 is 14.4 Å². The van der Waals surface area contributed by atoms with Crippen LogP contribution in [0.15, 0.2) is 18.3 Å². The lowest BCUT2D eigenvalue weighted by Gasteiger charge is -2.29. The number of benzene rings is 1. The number of anilines is 1. The quantitative estimate of drug-likeness (QED) is 0.805. The van der Waals surface area contributed by atoms with Crippen molar-refractivity contribution in [1.29, 1.82) is 0 Å². The summed E-state index contributed by atoms with van der Waals surface area (Å²) in [4.78, 5) is 17.9. The number of hydrogen-bond donors (Lipinski definition) is 0. The first-order chi connectivity index (χ1) is 11.1. The maximum atomic E-state index is 14.4. The number of rotatable bonds is 3. The number of ether oxygens (including phenoxy) is 2. The van der Waals surface area contributed by atoms with Gasteiger partial charge in [0.2, 0.25) is 0 Å². The zero-order valence-electron chi connectivity index (χ0n) is 12.6. The maximum absolute atomic E-state index is 14.4. The summed E-state index contributed by atoms with van der Waals surface area (Å²) in [5, 5.41) is 0.753. The Balaban J connectivity index is 2.08. The topological polar surface area (TPSA) is 51.7 Å². The van der Waals surface area contributed by atoms with Gasteiger partial charge in [-0.2, -0.15) is 0 Å². The van der Waals surface area contributed by atoms with Crippen LogP contribution in [0.4, 0.5) is 10.1 Å². The number of carbonyl (C=O) groups excluding carboxylic acids is 1. The van der Waals surface area contributed by atoms with Crippen LogP contribution in [0.2, 0.25) is 5.02 Å². The van der Waals surface area contributed by atoms with Crippen molar-refractivity contribution in [3.05, 3.63) is 34.7 Å². The first-order valence-electron chi connectivity index (χ1n) is 7.39. The van der Waals surface area contributed by atoms with Crippen molar-refractivity contribution in [3.8, 4) is 0 Å². The smallest absolute Gasteiger partial charge is 0.341 e. The van der Waals surface area contributed by atoms with Crippen LogP contribution in [-0.2, 0) is 9.47 Å². The van der Waals surface area contributed by atoms with Crippen molar-refractivity contribution in [1.82, 2.24) is 4.98 Å². The van der Waals surface area contributed by atoms with Gasteiger partial charge in [-0.1, -0.05) is 11.6 Å². The molecule has 0 atom stereocenters. The average molecular weight is 339 g/mol. The predicted molar refractivity (Wildman–Crippen MR) is 85.7 cm³/mol. The van der Waals surface area contributed by atoms with Gasteiger partial charge in [0.05, 0.1) is 41.6 Å². The monoisotopic (exact) mass is 338 g/mol. The third-order valence-electron chi connectivity index (χ3n) is 3.72. The van der Waals surface area contributed by atoms with Crippen molar-refractivity contribution < 1.29 is 18.7 Å². The summed E-state index contributed by atoms with van der Waals surface area (Å²) >= 11 is 6.33. The fourth-order valence-corrected chi connectivity index (χ4v) is 2.84. The molecule has 1 fully saturated rings. The number of aromatic nitrogens is 1. The van der Waals surface area contributed by atoms with E-state index in [0.717, 1.165) is 0 Å². The Morgan fingerprint density at radius 2 is 2.17 bits per heavy atom. The summed E-state index contributed by atoms with van der Waals surface area (Å²) in [5.41, 5.74) is 1.02. The van der Waals surface area contributed by atoms with E-state index >= 15 is 0 Å². The highest BCUT2D eigenvalue weighted by atomic mass is 35.5. The highest BCUT2D eigenvalue weighted by Crippen LogP contribution is 2.32. The van der Waals surface area contributed by atoms with E-state index in [1.807, 2.05) is 4.90 Å². The Labute approximate surface area is 137 Å². The third kappa shape index (κ3) is 3.09. The van der Waals surface area contributed by atoms with E-state index in [0.29, 0.717) is 42.9 Å². The first-order valence-corrected chi connectivity index (χ1v) is 7.77. The van der Waals surface area contributed by atoms with E-state index < -0.39 is 5.97 Å². The SMILES string of the molecule is CCOC(=O)c1cnc2cc(F)c(N3CCOCC3)cc2c1Cl. The van der Waals surface area contributed by atoms with E-state index in [2.05, 4.69) is 4.98 Å². The molecule has 7 heteroatoms. The van der Waals surface area contributed by atoms with Crippen LogP contribution in [0.5, 0.6) is 0 Å². The first kappa shape index (κ1) is 16.0. The predicted octanol–water partition coefficient (Wildman–Crippen LogP) is 3.04. The molecule has 122 valence electrons. The number of nitrogens with zero attached hydrogens (tertiary/aromatic N) is 2. The van der Waals surface area contributed by atoms with Gasteiger partial charge in [0.1, 0.15) is 5.82 Å². The number of carbonyl (C=O) groups is 1. The van der Waals surface area contributed by atoms with Gasteiger partial charge in [0.25, 0.3) is 0 Å². The maximum Gasteiger partial charge on any atom is 0.341 e. The van der Waals surface area contributed by atoms with Gasteiger partial charge in [0, 0.05) is 30.7 Å². The standard InChI is InChI=1S/C16H16ClFN2O3/c1-2-23-16(21)11-9-19-13-8-12(18)14(7-10(13)15(11)17)20-3-5-22-6-4-20/h7-9H,2-6H2,1H3. The second kappa shape index (κ2) is 6.68. The molecule has 0 spiro atoms. The minimum absolute atomic E-state index is 0.181. The van der Waals surface area contributed by atoms with Crippen LogP contribution in [0, 0.1) is 5.82 Å². The number of esters is 1. The number of pyridine rings is 1. The van der Waals surface area contributed by atoms with Crippen LogP contribution in [0.1, 0.15) is 17.3 Å². The molecule has 0 amide bonds. The molecule has 0 bridgehead atoms. The number of morpholine rings is 1. The van der Waals surface area contributed by atoms with Crippen molar-refractivity contribution in [3.63, 3.8) is 0 Å². The number of fused-ring (bicyclic) bond motifs is 1. The summed E-state index contributed by atoms with van der Waals surface area (Å²) in [6.45, 7) is 4.26. The Hall–Kier alpha value is -1.92. The van der Waals surface area contributed by atoms with Crippen LogP contribution in [-0.4, -0.2) is 43.9 Å². The molecule has 1 aromatic carbocycles. The zero-order valence-corrected chi connectivity index (χ0v) is 13.4. The van der Waals surface area contributed by atoms with E-state index in [4.69, 9.17) is 21.1 Å². The normalized spacial score (nSPS) is 15.0. The Morgan fingerprint density at radius 1 is 1.43 bits per heavy atom. The van der Waals surface area contributed by atoms with Crippen LogP contribution >= 0.6 is 11.6 Å². The fraction of sp³-hybridized carbons (Fsp3) is 0.375. The molecule has 0 unspecified atom stereocenters. The molecule has 0 radical (unpaired) electrons. The molecular weight excluding hydrogens is 323 g/mol. The average Bonchev–Trinajstić information content (AvgIpc) is 2.55. The Bertz CT molecular complexity index is 748. The molecule has 23 heavy (non-hydrogen) atoms. The largest absolute Gasteiger partial charge is 0.462 e. The summed E-state index contributed by atoms with van der Waals surface area (Å²) < 4.78 is 24.6. The molecular formula is C16H16ClFN2O3. The Kier molecular flexibility index (Phi) is 4.63. The molecule has 1 aliphatic rings. The summed E-state index contributed by atoms with van der Waals surface area (Å²) in [6, 6.07) is 2.97. The zero-order chi connectivity index (χ0) is 16.4. The molecule has 5 nitrogen and oxygen atoms in total. The van der Waals surface area contributed by atoms with Gasteiger partial charge in [-0.15, -0.1) is 0 Å². The summed E-state index contributed by atoms with van der Waals surface area (Å²) in [7, 11) is 0. The lowest BCUT2D eigenvalue weighted by molar-refractivity contribution is 0.0526. The minimum Gasteiger partial charge on any atom is -0.462 e. The minimum atomic E-state index is -0.538. The van der Waals surface area contributed by atoms with E-state index in [1.165, 1.54) is 12.3 Å². The van der Waals surface area contributed by atoms with Gasteiger partial charge in [-0.3, -0.25) is 4.98 Å². The van der Waals surface area contributed by atoms with Crippen molar-refractivity contribution >= 4 is 34.2 Å². The molecule has 2 aromatic rings. The van der Waals surface area contributed by atoms with Crippen molar-refractivity contribution in [2.45, 2.75) is 6.92 Å². The second-order valence-electron chi connectivity index (χ2n) is 5.13. The molecule has 1 aliphatic heterocycles. The molecule has 1 aromatic heterocycles. The highest BCUT2D eigenvalue weighted by molar-refractivity contribution is 6.38. The van der Waals surface area contributed by atoms with E-state index in [-0.39, 0.29) is 23.0 Å². The third-order valence-corrected chi connectivity index (χ3v) is 4.13. The molecule has 2 heterocycles. The summed E-state index contributed by atoms with van der Waals surface area (Å²) in [5.74, 6) is -0.906. The number of hydrogen-bond acceptors (Lipinski definition) is 5. The lowest BCUT2D eigenvalue weighted by atomic mass is 10.1. The molecule has 0 aliphatic carbocycles. The lowest BCUT2D eigenvalue weighted by Crippen LogP contribution is -2.36. The number of halogens is 2. The van der Waals surface area contributed by atoms with Crippen molar-refractivity contribution in [2.75, 3.05) is 37.8 Å². The highest BCUT2D eigenvalue weighted by Gasteiger charge is 2.20. The van der Waals surface area contributed by atoms with E-state index in [9.17, 15) is 9.18 Å². The van der Waals surface area contributed by atoms with Gasteiger partial charge in [0.15, 0.2) is 0 Å². The van der Waals surface area contributed by atoms with Crippen LogP contribution < -0.4 is 4.90 Å². The second-order valence-corrected chi connectivity index (χ2v) is 5.50. The van der Waals surface area contributed by atoms with Gasteiger partial charge >= 0.3 is 5.97 Å². The van der Waals surface area contributed by atoms with Gasteiger partial charge in [-0.05, 0) is 13.0 Å². The fourth-order valence-electron chi connectivity index (χ4n) is 2.57. The molecule has 1 saturated heterocycles. The molecule has 0 N–H and O–H groups in total. The molecule has 0 saturated carbocycles. The van der Waals surface area contributed by atoms with Crippen LogP contribution in [0.25, 0.3) is 10.9 Å². The van der Waals surface area contributed by atoms with Crippen molar-refractivity contribution in [2.24, 2.45) is 0 Å². The van der Waals surface area contributed by atoms with Crippen LogP contribution in [0.3, 0.4) is 0 Å². The van der Waals surface area contributed by atoms with E-state index in [1.54, 1.807) is 13.0 Å². The van der Waals surface area contributed by atoms with Gasteiger partial charge in [-0.25, -0.2) is 9.18 Å².